The van der Waals surface area contributed by atoms with E-state index in [1.165, 1.54) is 25.1 Å². The average Bonchev–Trinajstić information content (AvgIpc) is 3.02. The molecule has 51 heavy (non-hydrogen) atoms. The fourth-order valence-electron chi connectivity index (χ4n) is 6.52. The third kappa shape index (κ3) is 7.86. The number of halogens is 4. The molecule has 15 heteroatoms. The summed E-state index contributed by atoms with van der Waals surface area (Å²) < 4.78 is 72.5. The molecule has 5 rings (SSSR count). The summed E-state index contributed by atoms with van der Waals surface area (Å²) in [7, 11) is 5.23. The standard InChI is InChI=1S/C34H45F4N7O3.C2H3N/c1-19-10-9-11-21(29(19)47-8)24-23(34(36,37)38)16-22-27(25(24)35)41-30(44-17-33(5,18-44)42(6)7)26(39)28(22)45(40)20-12-14-43(15-13-20)31(46)48-32(2,3)4;1-2-3/h9-11,16,20H,12-15,17-18,39-40H2,1-8H3;1H3. The number of likely N-dealkylation sites (N-methyl/N-ethyl adjacent to an activating group) is 1. The zero-order valence-electron chi connectivity index (χ0n) is 30.7. The number of alkyl halides is 3. The van der Waals surface area contributed by atoms with Crippen molar-refractivity contribution >= 4 is 34.2 Å². The molecule has 0 spiro atoms. The number of fused-ring (bicyclic) bond motifs is 1. The number of ether oxygens (including phenoxy) is 2. The van der Waals surface area contributed by atoms with Crippen molar-refractivity contribution in [2.45, 2.75) is 77.7 Å². The molecule has 3 heterocycles. The van der Waals surface area contributed by atoms with Gasteiger partial charge in [0, 0.05) is 55.7 Å². The highest BCUT2D eigenvalue weighted by Gasteiger charge is 2.44. The number of nitrogens with two attached hydrogens (primary N) is 2. The van der Waals surface area contributed by atoms with E-state index in [1.807, 2.05) is 19.0 Å². The van der Waals surface area contributed by atoms with Crippen LogP contribution in [0.3, 0.4) is 0 Å². The Morgan fingerprint density at radius 3 is 2.25 bits per heavy atom. The van der Waals surface area contributed by atoms with Gasteiger partial charge in [-0.1, -0.05) is 18.2 Å². The van der Waals surface area contributed by atoms with E-state index < -0.39 is 40.9 Å². The third-order valence-electron chi connectivity index (χ3n) is 9.41. The molecule has 2 aliphatic rings. The van der Waals surface area contributed by atoms with Gasteiger partial charge in [0.05, 0.1) is 30.0 Å². The SMILES string of the molecule is CC#N.COc1c(C)cccc1-c1c(C(F)(F)F)cc2c(N(N)C3CCN(C(=O)OC(C)(C)C)CC3)c(N)c(N3CC(C)(N(C)C)C3)nc2c1F. The zero-order chi connectivity index (χ0) is 38.2. The Hall–Kier alpha value is -4.55. The molecule has 2 saturated heterocycles. The summed E-state index contributed by atoms with van der Waals surface area (Å²) >= 11 is 0. The van der Waals surface area contributed by atoms with E-state index in [2.05, 4.69) is 16.8 Å². The van der Waals surface area contributed by atoms with Crippen molar-refractivity contribution in [3.63, 3.8) is 0 Å². The van der Waals surface area contributed by atoms with E-state index >= 15 is 4.39 Å². The van der Waals surface area contributed by atoms with E-state index in [1.54, 1.807) is 50.8 Å². The van der Waals surface area contributed by atoms with Crippen molar-refractivity contribution in [2.24, 2.45) is 5.84 Å². The number of hydrogen-bond acceptors (Lipinski definition) is 10. The number of amides is 1. The Morgan fingerprint density at radius 2 is 1.75 bits per heavy atom. The maximum atomic E-state index is 16.9. The van der Waals surface area contributed by atoms with E-state index in [0.717, 1.165) is 6.07 Å². The summed E-state index contributed by atoms with van der Waals surface area (Å²) in [5.41, 5.74) is 4.30. The molecule has 11 nitrogen and oxygen atoms in total. The molecule has 3 aromatic rings. The van der Waals surface area contributed by atoms with Crippen LogP contribution in [-0.4, -0.2) is 85.4 Å². The highest BCUT2D eigenvalue weighted by atomic mass is 19.4. The number of aromatic nitrogens is 1. The van der Waals surface area contributed by atoms with Crippen molar-refractivity contribution in [3.8, 4) is 22.9 Å². The predicted molar refractivity (Wildman–Crippen MR) is 191 cm³/mol. The number of pyridine rings is 1. The van der Waals surface area contributed by atoms with Crippen LogP contribution in [0, 0.1) is 24.1 Å². The largest absolute Gasteiger partial charge is 0.496 e. The molecule has 2 fully saturated rings. The van der Waals surface area contributed by atoms with Gasteiger partial charge < -0.3 is 34.9 Å². The summed E-state index contributed by atoms with van der Waals surface area (Å²) in [6, 6.07) is 6.83. The Labute approximate surface area is 296 Å². The number of benzene rings is 2. The molecule has 0 saturated carbocycles. The minimum Gasteiger partial charge on any atom is -0.496 e. The molecule has 0 atom stereocenters. The van der Waals surface area contributed by atoms with Crippen molar-refractivity contribution in [1.29, 1.82) is 5.26 Å². The topological polar surface area (TPSA) is 137 Å². The average molecular weight is 717 g/mol. The van der Waals surface area contributed by atoms with Crippen molar-refractivity contribution in [2.75, 3.05) is 63.0 Å². The maximum absolute atomic E-state index is 16.9. The monoisotopic (exact) mass is 716 g/mol. The second-order valence-corrected chi connectivity index (χ2v) is 14.4. The van der Waals surface area contributed by atoms with Crippen LogP contribution < -0.4 is 26.2 Å². The lowest BCUT2D eigenvalue weighted by atomic mass is 9.90. The van der Waals surface area contributed by atoms with E-state index in [9.17, 15) is 18.0 Å². The van der Waals surface area contributed by atoms with Crippen LogP contribution in [0.5, 0.6) is 5.75 Å². The van der Waals surface area contributed by atoms with Gasteiger partial charge in [0.1, 0.15) is 22.6 Å². The summed E-state index contributed by atoms with van der Waals surface area (Å²) in [5.74, 6) is 5.96. The smallest absolute Gasteiger partial charge is 0.417 e. The van der Waals surface area contributed by atoms with Crippen LogP contribution in [0.4, 0.5) is 39.5 Å². The third-order valence-corrected chi connectivity index (χ3v) is 9.41. The molecule has 278 valence electrons. The van der Waals surface area contributed by atoms with Crippen LogP contribution in [0.1, 0.15) is 58.6 Å². The number of nitriles is 1. The Morgan fingerprint density at radius 1 is 1.16 bits per heavy atom. The number of piperidine rings is 1. The number of carbonyl (C=O) groups is 1. The molecular weight excluding hydrogens is 668 g/mol. The number of anilines is 3. The minimum absolute atomic E-state index is 0.0470. The van der Waals surface area contributed by atoms with Crippen LogP contribution >= 0.6 is 0 Å². The van der Waals surface area contributed by atoms with E-state index in [-0.39, 0.29) is 44.9 Å². The van der Waals surface area contributed by atoms with Crippen molar-refractivity contribution < 1.29 is 31.8 Å². The number of aryl methyl sites for hydroxylation is 1. The summed E-state index contributed by atoms with van der Waals surface area (Å²) in [6.07, 6.45) is -4.65. The van der Waals surface area contributed by atoms with Gasteiger partial charge >= 0.3 is 12.3 Å². The van der Waals surface area contributed by atoms with Gasteiger partial charge in [-0.2, -0.15) is 18.4 Å². The summed E-state index contributed by atoms with van der Waals surface area (Å²) in [4.78, 5) is 22.8. The van der Waals surface area contributed by atoms with Crippen molar-refractivity contribution in [1.82, 2.24) is 14.8 Å². The molecule has 4 N–H and O–H groups in total. The Kier molecular flexibility index (Phi) is 11.2. The Balaban J connectivity index is 0.00000188. The normalized spacial score (nSPS) is 16.3. The number of hydrazine groups is 1. The molecule has 1 aromatic heterocycles. The minimum atomic E-state index is -4.95. The number of hydrogen-bond donors (Lipinski definition) is 2. The fraction of sp³-hybridized carbons (Fsp3) is 0.528. The first-order chi connectivity index (χ1) is 23.7. The number of para-hydroxylation sites is 1. The number of methoxy groups -OCH3 is 1. The lowest BCUT2D eigenvalue weighted by Crippen LogP contribution is -2.67. The Bertz CT molecular complexity index is 1810. The maximum Gasteiger partial charge on any atom is 0.417 e. The number of carbonyl (C=O) groups excluding carboxylic acids is 1. The van der Waals surface area contributed by atoms with Gasteiger partial charge in [0.15, 0.2) is 11.6 Å². The first-order valence-corrected chi connectivity index (χ1v) is 16.6. The van der Waals surface area contributed by atoms with E-state index in [4.69, 9.17) is 26.3 Å². The molecule has 1 amide bonds. The summed E-state index contributed by atoms with van der Waals surface area (Å²) in [6.45, 7) is 12.1. The van der Waals surface area contributed by atoms with E-state index in [0.29, 0.717) is 44.6 Å². The number of rotatable bonds is 6. The molecule has 0 bridgehead atoms. The van der Waals surface area contributed by atoms with Crippen molar-refractivity contribution in [3.05, 3.63) is 41.2 Å². The highest BCUT2D eigenvalue weighted by molar-refractivity contribution is 6.04. The van der Waals surface area contributed by atoms with Gasteiger partial charge in [-0.3, -0.25) is 0 Å². The molecule has 0 aliphatic carbocycles. The van der Waals surface area contributed by atoms with Crippen LogP contribution in [0.2, 0.25) is 0 Å². The quantitative estimate of drug-likeness (QED) is 0.161. The first kappa shape index (κ1) is 39.2. The van der Waals surface area contributed by atoms with Gasteiger partial charge in [-0.05, 0) is 73.2 Å². The molecular formula is C36H48F4N8O3. The van der Waals surface area contributed by atoms with Gasteiger partial charge in [0.2, 0.25) is 0 Å². The second-order valence-electron chi connectivity index (χ2n) is 14.4. The summed E-state index contributed by atoms with van der Waals surface area (Å²) in [5, 5.41) is 8.48. The molecule has 0 radical (unpaired) electrons. The van der Waals surface area contributed by atoms with Crippen LogP contribution in [0.25, 0.3) is 22.0 Å². The zero-order valence-corrected chi connectivity index (χ0v) is 30.7. The molecule has 0 unspecified atom stereocenters. The molecule has 2 aromatic carbocycles. The fourth-order valence-corrected chi connectivity index (χ4v) is 6.52. The number of nitrogens with zero attached hydrogens (tertiary/aromatic N) is 6. The molecule has 2 aliphatic heterocycles. The van der Waals surface area contributed by atoms with Gasteiger partial charge in [-0.15, -0.1) is 0 Å². The van der Waals surface area contributed by atoms with Crippen LogP contribution in [-0.2, 0) is 10.9 Å². The first-order valence-electron chi connectivity index (χ1n) is 16.6. The number of nitrogen functional groups attached to an aromatic ring is 1. The highest BCUT2D eigenvalue weighted by Crippen LogP contribution is 2.49. The predicted octanol–water partition coefficient (Wildman–Crippen LogP) is 6.71. The lowest BCUT2D eigenvalue weighted by molar-refractivity contribution is -0.137. The lowest BCUT2D eigenvalue weighted by Gasteiger charge is -2.52. The number of likely N-dealkylation sites (tertiary alicyclic amines) is 1. The van der Waals surface area contributed by atoms with Gasteiger partial charge in [0.25, 0.3) is 0 Å². The van der Waals surface area contributed by atoms with Gasteiger partial charge in [-0.25, -0.2) is 20.0 Å². The second kappa shape index (κ2) is 14.6. The van der Waals surface area contributed by atoms with Crippen LogP contribution in [0.15, 0.2) is 24.3 Å².